The van der Waals surface area contributed by atoms with Crippen molar-refractivity contribution in [3.05, 3.63) is 0 Å². The zero-order valence-electron chi connectivity index (χ0n) is 6.85. The molecule has 0 aromatic carbocycles. The Labute approximate surface area is 70.7 Å². The first kappa shape index (κ1) is 7.73. The zero-order valence-corrected chi connectivity index (χ0v) is 6.85. The molecule has 0 bridgehead atoms. The van der Waals surface area contributed by atoms with E-state index in [-0.39, 0.29) is 11.8 Å². The predicted molar refractivity (Wildman–Crippen MR) is 42.3 cm³/mol. The summed E-state index contributed by atoms with van der Waals surface area (Å²) in [6, 6.07) is 0. The summed E-state index contributed by atoms with van der Waals surface area (Å²) in [6.45, 7) is 1.62. The standard InChI is InChI=1S/C8H12N2O2/c11-6-4-8(7(12)10-6)2-1-3-9-5-8/h9H,1-5H2,(H,10,11,12). The molecule has 2 aliphatic heterocycles. The zero-order chi connectivity index (χ0) is 8.60. The third kappa shape index (κ3) is 1.03. The SMILES string of the molecule is O=C1CC2(CCCNC2)C(=O)N1. The van der Waals surface area contributed by atoms with Crippen molar-refractivity contribution < 1.29 is 9.59 Å². The molecule has 2 heterocycles. The van der Waals surface area contributed by atoms with Crippen molar-refractivity contribution in [2.45, 2.75) is 19.3 Å². The van der Waals surface area contributed by atoms with E-state index in [2.05, 4.69) is 10.6 Å². The predicted octanol–water partition coefficient (Wildman–Crippen LogP) is -0.597. The van der Waals surface area contributed by atoms with Crippen LogP contribution in [0.3, 0.4) is 0 Å². The molecule has 2 saturated heterocycles. The van der Waals surface area contributed by atoms with E-state index in [1.54, 1.807) is 0 Å². The van der Waals surface area contributed by atoms with E-state index >= 15 is 0 Å². The Morgan fingerprint density at radius 1 is 1.33 bits per heavy atom. The van der Waals surface area contributed by atoms with Crippen molar-refractivity contribution in [2.75, 3.05) is 13.1 Å². The molecule has 4 nitrogen and oxygen atoms in total. The Hall–Kier alpha value is -0.900. The summed E-state index contributed by atoms with van der Waals surface area (Å²) in [5.41, 5.74) is -0.407. The minimum absolute atomic E-state index is 0.0836. The van der Waals surface area contributed by atoms with Crippen molar-refractivity contribution in [1.82, 2.24) is 10.6 Å². The molecular formula is C8H12N2O2. The normalized spacial score (nSPS) is 35.7. The molecule has 0 aromatic rings. The van der Waals surface area contributed by atoms with Crippen LogP contribution in [0.25, 0.3) is 0 Å². The van der Waals surface area contributed by atoms with Gasteiger partial charge in [0, 0.05) is 13.0 Å². The molecule has 1 atom stereocenters. The second kappa shape index (κ2) is 2.55. The van der Waals surface area contributed by atoms with E-state index in [0.29, 0.717) is 13.0 Å². The Morgan fingerprint density at radius 2 is 2.17 bits per heavy atom. The lowest BCUT2D eigenvalue weighted by Crippen LogP contribution is -2.44. The first-order valence-electron chi connectivity index (χ1n) is 4.28. The Kier molecular flexibility index (Phi) is 1.65. The van der Waals surface area contributed by atoms with Gasteiger partial charge >= 0.3 is 0 Å². The summed E-state index contributed by atoms with van der Waals surface area (Å²) >= 11 is 0. The van der Waals surface area contributed by atoms with Gasteiger partial charge < -0.3 is 5.32 Å². The third-order valence-corrected chi connectivity index (χ3v) is 2.71. The van der Waals surface area contributed by atoms with E-state index in [1.807, 2.05) is 0 Å². The van der Waals surface area contributed by atoms with Gasteiger partial charge in [0.15, 0.2) is 0 Å². The molecule has 0 aromatic heterocycles. The fraction of sp³-hybridized carbons (Fsp3) is 0.750. The molecule has 1 unspecified atom stereocenters. The number of piperidine rings is 1. The number of hydrogen-bond donors (Lipinski definition) is 2. The molecule has 1 spiro atoms. The molecule has 2 aliphatic rings. The van der Waals surface area contributed by atoms with Crippen LogP contribution >= 0.6 is 0 Å². The van der Waals surface area contributed by atoms with E-state index in [4.69, 9.17) is 0 Å². The Morgan fingerprint density at radius 3 is 2.67 bits per heavy atom. The van der Waals surface area contributed by atoms with Gasteiger partial charge in [-0.3, -0.25) is 14.9 Å². The molecule has 12 heavy (non-hydrogen) atoms. The second-order valence-electron chi connectivity index (χ2n) is 3.61. The first-order valence-corrected chi connectivity index (χ1v) is 4.28. The van der Waals surface area contributed by atoms with Gasteiger partial charge in [-0.05, 0) is 19.4 Å². The highest BCUT2D eigenvalue weighted by molar-refractivity contribution is 6.06. The van der Waals surface area contributed by atoms with Crippen LogP contribution in [0.2, 0.25) is 0 Å². The molecule has 0 aliphatic carbocycles. The molecule has 2 N–H and O–H groups in total. The highest BCUT2D eigenvalue weighted by atomic mass is 16.2. The lowest BCUT2D eigenvalue weighted by molar-refractivity contribution is -0.129. The molecule has 4 heteroatoms. The average molecular weight is 168 g/mol. The lowest BCUT2D eigenvalue weighted by atomic mass is 9.79. The highest BCUT2D eigenvalue weighted by Gasteiger charge is 2.46. The summed E-state index contributed by atoms with van der Waals surface area (Å²) in [5.74, 6) is -0.205. The molecule has 0 saturated carbocycles. The second-order valence-corrected chi connectivity index (χ2v) is 3.61. The molecule has 2 fully saturated rings. The third-order valence-electron chi connectivity index (χ3n) is 2.71. The van der Waals surface area contributed by atoms with Crippen LogP contribution in [-0.4, -0.2) is 24.9 Å². The molecule has 2 rings (SSSR count). The van der Waals surface area contributed by atoms with Crippen LogP contribution in [0.4, 0.5) is 0 Å². The summed E-state index contributed by atoms with van der Waals surface area (Å²) in [6.07, 6.45) is 2.21. The quantitative estimate of drug-likeness (QED) is 0.475. The maximum absolute atomic E-state index is 11.4. The van der Waals surface area contributed by atoms with Gasteiger partial charge in [-0.1, -0.05) is 0 Å². The monoisotopic (exact) mass is 168 g/mol. The average Bonchev–Trinajstić information content (AvgIpc) is 2.29. The minimum atomic E-state index is -0.407. The summed E-state index contributed by atoms with van der Waals surface area (Å²) in [4.78, 5) is 22.4. The van der Waals surface area contributed by atoms with Crippen LogP contribution in [-0.2, 0) is 9.59 Å². The fourth-order valence-electron chi connectivity index (χ4n) is 2.00. The van der Waals surface area contributed by atoms with Crippen molar-refractivity contribution in [2.24, 2.45) is 5.41 Å². The van der Waals surface area contributed by atoms with Gasteiger partial charge in [0.05, 0.1) is 5.41 Å². The summed E-state index contributed by atoms with van der Waals surface area (Å²) in [7, 11) is 0. The summed E-state index contributed by atoms with van der Waals surface area (Å²) < 4.78 is 0. The first-order chi connectivity index (χ1) is 5.73. The largest absolute Gasteiger partial charge is 0.316 e. The van der Waals surface area contributed by atoms with E-state index in [9.17, 15) is 9.59 Å². The smallest absolute Gasteiger partial charge is 0.234 e. The van der Waals surface area contributed by atoms with Gasteiger partial charge in [-0.25, -0.2) is 0 Å². The van der Waals surface area contributed by atoms with Gasteiger partial charge in [-0.15, -0.1) is 0 Å². The number of imide groups is 1. The van der Waals surface area contributed by atoms with E-state index in [1.165, 1.54) is 0 Å². The fourth-order valence-corrected chi connectivity index (χ4v) is 2.00. The van der Waals surface area contributed by atoms with Crippen LogP contribution < -0.4 is 10.6 Å². The van der Waals surface area contributed by atoms with Gasteiger partial charge in [-0.2, -0.15) is 0 Å². The lowest BCUT2D eigenvalue weighted by Gasteiger charge is -2.29. The number of hydrogen-bond acceptors (Lipinski definition) is 3. The number of amides is 2. The molecule has 0 radical (unpaired) electrons. The summed E-state index contributed by atoms with van der Waals surface area (Å²) in [5, 5.41) is 5.51. The number of carbonyl (C=O) groups excluding carboxylic acids is 2. The number of carbonyl (C=O) groups is 2. The van der Waals surface area contributed by atoms with Crippen LogP contribution in [0.1, 0.15) is 19.3 Å². The molecule has 2 amide bonds. The van der Waals surface area contributed by atoms with Gasteiger partial charge in [0.25, 0.3) is 0 Å². The molecule has 66 valence electrons. The minimum Gasteiger partial charge on any atom is -0.316 e. The van der Waals surface area contributed by atoms with Crippen molar-refractivity contribution in [1.29, 1.82) is 0 Å². The van der Waals surface area contributed by atoms with Crippen LogP contribution in [0.5, 0.6) is 0 Å². The molecular weight excluding hydrogens is 156 g/mol. The van der Waals surface area contributed by atoms with Crippen LogP contribution in [0, 0.1) is 5.41 Å². The van der Waals surface area contributed by atoms with Crippen LogP contribution in [0.15, 0.2) is 0 Å². The number of nitrogens with one attached hydrogen (secondary N) is 2. The maximum atomic E-state index is 11.4. The van der Waals surface area contributed by atoms with Gasteiger partial charge in [0.2, 0.25) is 11.8 Å². The van der Waals surface area contributed by atoms with Crippen molar-refractivity contribution in [3.8, 4) is 0 Å². The van der Waals surface area contributed by atoms with E-state index in [0.717, 1.165) is 19.4 Å². The van der Waals surface area contributed by atoms with Crippen molar-refractivity contribution >= 4 is 11.8 Å². The highest BCUT2D eigenvalue weighted by Crippen LogP contribution is 2.33. The Balaban J connectivity index is 2.18. The Bertz CT molecular complexity index is 231. The van der Waals surface area contributed by atoms with Gasteiger partial charge in [0.1, 0.15) is 0 Å². The topological polar surface area (TPSA) is 58.2 Å². The van der Waals surface area contributed by atoms with E-state index < -0.39 is 5.41 Å². The van der Waals surface area contributed by atoms with Crippen molar-refractivity contribution in [3.63, 3.8) is 0 Å². The number of rotatable bonds is 0. The maximum Gasteiger partial charge on any atom is 0.234 e.